The Morgan fingerprint density at radius 2 is 2.16 bits per heavy atom. The lowest BCUT2D eigenvalue weighted by Gasteiger charge is -2.15. The van der Waals surface area contributed by atoms with E-state index >= 15 is 0 Å². The van der Waals surface area contributed by atoms with Crippen LogP contribution in [0.15, 0.2) is 18.2 Å². The molecule has 1 aromatic carbocycles. The highest BCUT2D eigenvalue weighted by Crippen LogP contribution is 2.30. The number of hydrogen-bond acceptors (Lipinski definition) is 5. The molecule has 1 N–H and O–H groups in total. The van der Waals surface area contributed by atoms with E-state index in [0.29, 0.717) is 0 Å². The molecule has 100 valence electrons. The third-order valence-electron chi connectivity index (χ3n) is 2.48. The summed E-state index contributed by atoms with van der Waals surface area (Å²) in [5.41, 5.74) is -1.23. The highest BCUT2D eigenvalue weighted by atomic mass is 16.6. The van der Waals surface area contributed by atoms with Gasteiger partial charge >= 0.3 is 5.69 Å². The van der Waals surface area contributed by atoms with Crippen LogP contribution >= 0.6 is 0 Å². The molecule has 0 bridgehead atoms. The second-order valence-corrected chi connectivity index (χ2v) is 4.33. The van der Waals surface area contributed by atoms with Crippen molar-refractivity contribution < 1.29 is 14.5 Å². The summed E-state index contributed by atoms with van der Waals surface area (Å²) in [6.07, 6.45) is 0. The molecule has 0 aromatic heterocycles. The van der Waals surface area contributed by atoms with Gasteiger partial charge in [-0.05, 0) is 26.0 Å². The second-order valence-electron chi connectivity index (χ2n) is 4.33. The summed E-state index contributed by atoms with van der Waals surface area (Å²) in [5.74, 6) is -0.433. The van der Waals surface area contributed by atoms with Gasteiger partial charge in [-0.2, -0.15) is 5.26 Å². The fourth-order valence-corrected chi connectivity index (χ4v) is 1.25. The van der Waals surface area contributed by atoms with E-state index in [-0.39, 0.29) is 17.1 Å². The number of ether oxygens (including phenoxy) is 1. The van der Waals surface area contributed by atoms with Crippen LogP contribution in [-0.2, 0) is 4.79 Å². The zero-order valence-corrected chi connectivity index (χ0v) is 10.8. The third kappa shape index (κ3) is 3.19. The maximum atomic E-state index is 11.8. The van der Waals surface area contributed by atoms with Crippen molar-refractivity contribution in [1.82, 2.24) is 0 Å². The number of methoxy groups -OCH3 is 1. The van der Waals surface area contributed by atoms with Crippen molar-refractivity contribution in [2.45, 2.75) is 13.8 Å². The molecule has 0 saturated carbocycles. The van der Waals surface area contributed by atoms with Crippen LogP contribution in [0, 0.1) is 26.9 Å². The highest BCUT2D eigenvalue weighted by molar-refractivity contribution is 5.96. The molecule has 1 aromatic rings. The Kier molecular flexibility index (Phi) is 4.07. The first kappa shape index (κ1) is 14.4. The Balaban J connectivity index is 3.05. The summed E-state index contributed by atoms with van der Waals surface area (Å²) in [7, 11) is 1.32. The first-order chi connectivity index (χ1) is 8.81. The van der Waals surface area contributed by atoms with Gasteiger partial charge in [0.1, 0.15) is 5.41 Å². The number of nitro groups is 1. The van der Waals surface area contributed by atoms with Crippen LogP contribution in [0.3, 0.4) is 0 Å². The summed E-state index contributed by atoms with van der Waals surface area (Å²) in [4.78, 5) is 22.0. The van der Waals surface area contributed by atoms with Gasteiger partial charge < -0.3 is 10.1 Å². The first-order valence-electron chi connectivity index (χ1n) is 5.37. The zero-order chi connectivity index (χ0) is 14.6. The Bertz CT molecular complexity index is 561. The number of rotatable bonds is 4. The number of nitrogens with zero attached hydrogens (tertiary/aromatic N) is 2. The van der Waals surface area contributed by atoms with E-state index < -0.39 is 16.2 Å². The number of amides is 1. The van der Waals surface area contributed by atoms with Crippen molar-refractivity contribution in [3.05, 3.63) is 28.3 Å². The van der Waals surface area contributed by atoms with Crippen molar-refractivity contribution in [3.8, 4) is 11.8 Å². The van der Waals surface area contributed by atoms with E-state index in [0.717, 1.165) is 0 Å². The fourth-order valence-electron chi connectivity index (χ4n) is 1.25. The standard InChI is InChI=1S/C12H13N3O4/c1-12(2,7-13)11(16)14-8-4-5-10(19-3)9(6-8)15(17)18/h4-6H,1-3H3,(H,14,16). The molecule has 0 saturated heterocycles. The number of hydrogen-bond donors (Lipinski definition) is 1. The lowest BCUT2D eigenvalue weighted by atomic mass is 9.94. The summed E-state index contributed by atoms with van der Waals surface area (Å²) in [5, 5.41) is 22.1. The number of anilines is 1. The SMILES string of the molecule is COc1ccc(NC(=O)C(C)(C)C#N)cc1[N+](=O)[O-]. The monoisotopic (exact) mass is 263 g/mol. The lowest BCUT2D eigenvalue weighted by Crippen LogP contribution is -2.29. The van der Waals surface area contributed by atoms with Crippen molar-refractivity contribution in [2.75, 3.05) is 12.4 Å². The third-order valence-corrected chi connectivity index (χ3v) is 2.48. The van der Waals surface area contributed by atoms with Crippen LogP contribution in [0.25, 0.3) is 0 Å². The normalized spacial score (nSPS) is 10.4. The topological polar surface area (TPSA) is 105 Å². The van der Waals surface area contributed by atoms with Gasteiger partial charge in [0, 0.05) is 11.8 Å². The molecular weight excluding hydrogens is 250 g/mol. The van der Waals surface area contributed by atoms with Gasteiger partial charge in [0.2, 0.25) is 5.91 Å². The Morgan fingerprint density at radius 3 is 2.63 bits per heavy atom. The average molecular weight is 263 g/mol. The highest BCUT2D eigenvalue weighted by Gasteiger charge is 2.27. The molecule has 1 amide bonds. The summed E-state index contributed by atoms with van der Waals surface area (Å²) >= 11 is 0. The first-order valence-corrected chi connectivity index (χ1v) is 5.37. The molecule has 1 rings (SSSR count). The predicted octanol–water partition coefficient (Wildman–Crippen LogP) is 2.09. The van der Waals surface area contributed by atoms with Crippen LogP contribution in [0.4, 0.5) is 11.4 Å². The smallest absolute Gasteiger partial charge is 0.312 e. The van der Waals surface area contributed by atoms with E-state index in [4.69, 9.17) is 10.00 Å². The van der Waals surface area contributed by atoms with Crippen molar-refractivity contribution in [1.29, 1.82) is 5.26 Å². The molecule has 0 aliphatic carbocycles. The summed E-state index contributed by atoms with van der Waals surface area (Å²) < 4.78 is 4.85. The van der Waals surface area contributed by atoms with E-state index in [2.05, 4.69) is 5.32 Å². The number of nitro benzene ring substituents is 1. The van der Waals surface area contributed by atoms with E-state index in [9.17, 15) is 14.9 Å². The minimum atomic E-state index is -1.21. The van der Waals surface area contributed by atoms with E-state index in [1.54, 1.807) is 0 Å². The number of nitrogens with one attached hydrogen (secondary N) is 1. The quantitative estimate of drug-likeness (QED) is 0.661. The van der Waals surface area contributed by atoms with Crippen LogP contribution < -0.4 is 10.1 Å². The van der Waals surface area contributed by atoms with Gasteiger partial charge in [0.15, 0.2) is 5.75 Å². The molecule has 0 atom stereocenters. The van der Waals surface area contributed by atoms with Crippen LogP contribution in [-0.4, -0.2) is 17.9 Å². The van der Waals surface area contributed by atoms with Crippen LogP contribution in [0.1, 0.15) is 13.8 Å². The number of carbonyl (C=O) groups is 1. The lowest BCUT2D eigenvalue weighted by molar-refractivity contribution is -0.385. The second kappa shape index (κ2) is 5.35. The molecule has 7 nitrogen and oxygen atoms in total. The molecule has 0 fully saturated rings. The predicted molar refractivity (Wildman–Crippen MR) is 67.7 cm³/mol. The molecule has 0 aliphatic heterocycles. The fraction of sp³-hybridized carbons (Fsp3) is 0.333. The largest absolute Gasteiger partial charge is 0.490 e. The molecule has 0 radical (unpaired) electrons. The average Bonchev–Trinajstić information content (AvgIpc) is 2.38. The minimum absolute atomic E-state index is 0.0996. The van der Waals surface area contributed by atoms with Gasteiger partial charge in [-0.3, -0.25) is 14.9 Å². The van der Waals surface area contributed by atoms with Crippen LogP contribution in [0.2, 0.25) is 0 Å². The zero-order valence-electron chi connectivity index (χ0n) is 10.8. The maximum Gasteiger partial charge on any atom is 0.312 e. The molecular formula is C12H13N3O4. The van der Waals surface area contributed by atoms with E-state index in [1.165, 1.54) is 39.2 Å². The summed E-state index contributed by atoms with van der Waals surface area (Å²) in [6, 6.07) is 5.89. The van der Waals surface area contributed by atoms with Crippen molar-refractivity contribution >= 4 is 17.3 Å². The summed E-state index contributed by atoms with van der Waals surface area (Å²) in [6.45, 7) is 2.92. The van der Waals surface area contributed by atoms with E-state index in [1.807, 2.05) is 6.07 Å². The Hall–Kier alpha value is -2.62. The minimum Gasteiger partial charge on any atom is -0.490 e. The molecule has 0 unspecified atom stereocenters. The van der Waals surface area contributed by atoms with Gasteiger partial charge in [-0.15, -0.1) is 0 Å². The molecule has 0 heterocycles. The molecule has 0 spiro atoms. The van der Waals surface area contributed by atoms with Gasteiger partial charge in [0.25, 0.3) is 0 Å². The van der Waals surface area contributed by atoms with Gasteiger partial charge in [0.05, 0.1) is 18.1 Å². The van der Waals surface area contributed by atoms with Crippen molar-refractivity contribution in [3.63, 3.8) is 0 Å². The molecule has 0 aliphatic rings. The number of benzene rings is 1. The molecule has 19 heavy (non-hydrogen) atoms. The molecule has 7 heteroatoms. The van der Waals surface area contributed by atoms with Crippen molar-refractivity contribution in [2.24, 2.45) is 5.41 Å². The van der Waals surface area contributed by atoms with Crippen LogP contribution in [0.5, 0.6) is 5.75 Å². The van der Waals surface area contributed by atoms with Gasteiger partial charge in [-0.25, -0.2) is 0 Å². The number of nitriles is 1. The maximum absolute atomic E-state index is 11.8. The van der Waals surface area contributed by atoms with Gasteiger partial charge in [-0.1, -0.05) is 0 Å². The Morgan fingerprint density at radius 1 is 1.53 bits per heavy atom. The number of carbonyl (C=O) groups excluding carboxylic acids is 1. The Labute approximate surface area is 109 Å².